The number of pyridine rings is 1. The summed E-state index contributed by atoms with van der Waals surface area (Å²) < 4.78 is 6.64. The van der Waals surface area contributed by atoms with E-state index in [0.29, 0.717) is 0 Å². The minimum atomic E-state index is -0.618. The summed E-state index contributed by atoms with van der Waals surface area (Å²) >= 11 is 3.37. The molecule has 1 fully saturated rings. The van der Waals surface area contributed by atoms with E-state index in [1.165, 1.54) is 0 Å². The zero-order valence-electron chi connectivity index (χ0n) is 8.44. The van der Waals surface area contributed by atoms with Crippen LogP contribution in [0, 0.1) is 0 Å². The number of hydrogen-bond donors (Lipinski definition) is 0. The van der Waals surface area contributed by atoms with Crippen LogP contribution in [0.5, 0.6) is 0 Å². The summed E-state index contributed by atoms with van der Waals surface area (Å²) in [5.74, 6) is 0. The van der Waals surface area contributed by atoms with Crippen molar-refractivity contribution in [3.63, 3.8) is 0 Å². The van der Waals surface area contributed by atoms with Crippen molar-refractivity contribution < 1.29 is 9.53 Å². The molecule has 0 aliphatic carbocycles. The first kappa shape index (κ1) is 10.8. The Bertz CT molecular complexity index is 383. The lowest BCUT2D eigenvalue weighted by Crippen LogP contribution is -2.24. The lowest BCUT2D eigenvalue weighted by Gasteiger charge is -2.17. The van der Waals surface area contributed by atoms with Crippen LogP contribution in [-0.2, 0) is 9.53 Å². The summed E-state index contributed by atoms with van der Waals surface area (Å²) in [5, 5.41) is 0. The van der Waals surface area contributed by atoms with E-state index in [1.54, 1.807) is 12.4 Å². The second-order valence-electron chi connectivity index (χ2n) is 4.01. The Labute approximate surface area is 97.0 Å². The molecular formula is C11H12BrNO2. The number of hydrogen-bond acceptors (Lipinski definition) is 3. The molecule has 3 nitrogen and oxygen atoms in total. The fourth-order valence-electron chi connectivity index (χ4n) is 1.79. The van der Waals surface area contributed by atoms with Crippen LogP contribution in [0.3, 0.4) is 0 Å². The topological polar surface area (TPSA) is 39.2 Å². The minimum Gasteiger partial charge on any atom is -0.360 e. The Morgan fingerprint density at radius 1 is 1.67 bits per heavy atom. The first-order valence-corrected chi connectivity index (χ1v) is 5.67. The molecule has 0 N–H and O–H groups in total. The van der Waals surface area contributed by atoms with Crippen molar-refractivity contribution in [2.45, 2.75) is 31.5 Å². The Morgan fingerprint density at radius 3 is 3.07 bits per heavy atom. The standard InChI is InChI=1S/C11H12BrNO2/c1-11(7-14)3-2-10(15-11)8-4-9(12)6-13-5-8/h4-7,10H,2-3H2,1H3. The van der Waals surface area contributed by atoms with E-state index in [9.17, 15) is 4.79 Å². The van der Waals surface area contributed by atoms with Gasteiger partial charge in [0.25, 0.3) is 0 Å². The molecule has 0 amide bonds. The highest BCUT2D eigenvalue weighted by Crippen LogP contribution is 2.38. The van der Waals surface area contributed by atoms with Crippen LogP contribution in [0.4, 0.5) is 0 Å². The summed E-state index contributed by atoms with van der Waals surface area (Å²) in [6.45, 7) is 1.82. The Morgan fingerprint density at radius 2 is 2.47 bits per heavy atom. The third-order valence-electron chi connectivity index (χ3n) is 2.66. The molecule has 2 heterocycles. The zero-order chi connectivity index (χ0) is 10.9. The van der Waals surface area contributed by atoms with E-state index in [2.05, 4.69) is 20.9 Å². The molecule has 1 aromatic heterocycles. The molecule has 1 aromatic rings. The molecule has 0 bridgehead atoms. The predicted octanol–water partition coefficient (Wildman–Crippen LogP) is 2.65. The molecule has 1 saturated heterocycles. The van der Waals surface area contributed by atoms with Crippen molar-refractivity contribution in [2.24, 2.45) is 0 Å². The number of carbonyl (C=O) groups is 1. The van der Waals surface area contributed by atoms with Gasteiger partial charge in [0.15, 0.2) is 6.29 Å². The van der Waals surface area contributed by atoms with Gasteiger partial charge in [-0.15, -0.1) is 0 Å². The van der Waals surface area contributed by atoms with Crippen LogP contribution in [0.1, 0.15) is 31.4 Å². The average Bonchev–Trinajstić information content (AvgIpc) is 2.62. The van der Waals surface area contributed by atoms with Crippen molar-refractivity contribution in [3.8, 4) is 0 Å². The van der Waals surface area contributed by atoms with Crippen molar-refractivity contribution in [3.05, 3.63) is 28.5 Å². The van der Waals surface area contributed by atoms with Crippen LogP contribution >= 0.6 is 15.9 Å². The summed E-state index contributed by atoms with van der Waals surface area (Å²) in [4.78, 5) is 14.9. The average molecular weight is 270 g/mol. The van der Waals surface area contributed by atoms with Crippen molar-refractivity contribution >= 4 is 22.2 Å². The molecule has 0 spiro atoms. The van der Waals surface area contributed by atoms with Gasteiger partial charge in [-0.3, -0.25) is 4.98 Å². The van der Waals surface area contributed by atoms with E-state index in [-0.39, 0.29) is 6.10 Å². The maximum atomic E-state index is 10.8. The molecule has 0 radical (unpaired) electrons. The second-order valence-corrected chi connectivity index (χ2v) is 4.93. The molecule has 1 aliphatic heterocycles. The van der Waals surface area contributed by atoms with Crippen LogP contribution in [0.2, 0.25) is 0 Å². The molecule has 2 unspecified atom stereocenters. The molecule has 2 atom stereocenters. The quantitative estimate of drug-likeness (QED) is 0.775. The number of ether oxygens (including phenoxy) is 1. The predicted molar refractivity (Wildman–Crippen MR) is 59.5 cm³/mol. The van der Waals surface area contributed by atoms with Crippen molar-refractivity contribution in [2.75, 3.05) is 0 Å². The molecule has 15 heavy (non-hydrogen) atoms. The molecule has 80 valence electrons. The largest absolute Gasteiger partial charge is 0.360 e. The molecule has 0 aromatic carbocycles. The van der Waals surface area contributed by atoms with E-state index < -0.39 is 5.60 Å². The number of carbonyl (C=O) groups excluding carboxylic acids is 1. The normalized spacial score (nSPS) is 30.4. The van der Waals surface area contributed by atoms with Gasteiger partial charge in [0.1, 0.15) is 5.60 Å². The van der Waals surface area contributed by atoms with E-state index >= 15 is 0 Å². The number of nitrogens with zero attached hydrogens (tertiary/aromatic N) is 1. The molecule has 4 heteroatoms. The van der Waals surface area contributed by atoms with Crippen LogP contribution in [-0.4, -0.2) is 16.9 Å². The van der Waals surface area contributed by atoms with Gasteiger partial charge in [-0.05, 0) is 41.8 Å². The van der Waals surface area contributed by atoms with Gasteiger partial charge in [-0.1, -0.05) is 0 Å². The summed E-state index contributed by atoms with van der Waals surface area (Å²) in [6, 6.07) is 1.98. The Kier molecular flexibility index (Phi) is 2.89. The Balaban J connectivity index is 2.18. The highest BCUT2D eigenvalue weighted by molar-refractivity contribution is 9.10. The third-order valence-corrected chi connectivity index (χ3v) is 3.10. The zero-order valence-corrected chi connectivity index (χ0v) is 10.0. The van der Waals surface area contributed by atoms with E-state index in [1.807, 2.05) is 13.0 Å². The monoisotopic (exact) mass is 269 g/mol. The van der Waals surface area contributed by atoms with E-state index in [4.69, 9.17) is 4.74 Å². The highest BCUT2D eigenvalue weighted by Gasteiger charge is 2.36. The molecule has 2 rings (SSSR count). The highest BCUT2D eigenvalue weighted by atomic mass is 79.9. The summed E-state index contributed by atoms with van der Waals surface area (Å²) in [7, 11) is 0. The third kappa shape index (κ3) is 2.26. The first-order valence-electron chi connectivity index (χ1n) is 4.87. The molecular weight excluding hydrogens is 258 g/mol. The van der Waals surface area contributed by atoms with Gasteiger partial charge in [0.2, 0.25) is 0 Å². The van der Waals surface area contributed by atoms with Gasteiger partial charge in [0, 0.05) is 22.4 Å². The minimum absolute atomic E-state index is 0.00907. The van der Waals surface area contributed by atoms with Crippen molar-refractivity contribution in [1.29, 1.82) is 0 Å². The molecule has 1 aliphatic rings. The summed E-state index contributed by atoms with van der Waals surface area (Å²) in [5.41, 5.74) is 0.405. The number of halogens is 1. The van der Waals surface area contributed by atoms with Crippen LogP contribution in [0.25, 0.3) is 0 Å². The van der Waals surface area contributed by atoms with Crippen LogP contribution < -0.4 is 0 Å². The number of rotatable bonds is 2. The maximum absolute atomic E-state index is 10.8. The smallest absolute Gasteiger partial charge is 0.151 e. The van der Waals surface area contributed by atoms with Gasteiger partial charge >= 0.3 is 0 Å². The van der Waals surface area contributed by atoms with Crippen molar-refractivity contribution in [1.82, 2.24) is 4.98 Å². The van der Waals surface area contributed by atoms with Gasteiger partial charge < -0.3 is 9.53 Å². The lowest BCUT2D eigenvalue weighted by molar-refractivity contribution is -0.127. The summed E-state index contributed by atoms with van der Waals surface area (Å²) in [6.07, 6.45) is 6.04. The lowest BCUT2D eigenvalue weighted by atomic mass is 10.0. The van der Waals surface area contributed by atoms with E-state index in [0.717, 1.165) is 29.2 Å². The maximum Gasteiger partial charge on any atom is 0.151 e. The molecule has 0 saturated carbocycles. The van der Waals surface area contributed by atoms with Gasteiger partial charge in [0.05, 0.1) is 6.10 Å². The Hall–Kier alpha value is -0.740. The first-order chi connectivity index (χ1) is 7.13. The van der Waals surface area contributed by atoms with Gasteiger partial charge in [-0.25, -0.2) is 0 Å². The second kappa shape index (κ2) is 4.02. The fraction of sp³-hybridized carbons (Fsp3) is 0.455. The van der Waals surface area contributed by atoms with Crippen LogP contribution in [0.15, 0.2) is 22.9 Å². The number of aldehydes is 1. The van der Waals surface area contributed by atoms with Gasteiger partial charge in [-0.2, -0.15) is 0 Å². The SMILES string of the molecule is CC1(C=O)CCC(c2cncc(Br)c2)O1. The number of aromatic nitrogens is 1. The fourth-order valence-corrected chi connectivity index (χ4v) is 2.17.